The van der Waals surface area contributed by atoms with E-state index < -0.39 is 10.0 Å². The van der Waals surface area contributed by atoms with Crippen molar-refractivity contribution in [2.45, 2.75) is 4.90 Å². The molecule has 0 amide bonds. The summed E-state index contributed by atoms with van der Waals surface area (Å²) in [6.45, 7) is 0.108. The summed E-state index contributed by atoms with van der Waals surface area (Å²) in [6.07, 6.45) is 6.54. The second-order valence-corrected chi connectivity index (χ2v) is 8.30. The second kappa shape index (κ2) is 8.50. The number of benzene rings is 2. The van der Waals surface area contributed by atoms with Gasteiger partial charge in [0.1, 0.15) is 12.4 Å². The molecule has 0 atom stereocenters. The minimum absolute atomic E-state index is 0.108. The molecule has 0 spiro atoms. The average Bonchev–Trinajstić information content (AvgIpc) is 2.54. The van der Waals surface area contributed by atoms with Crippen molar-refractivity contribution < 1.29 is 13.2 Å². The Morgan fingerprint density at radius 3 is 2.67 bits per heavy atom. The molecule has 2 aromatic rings. The number of hydrogen-bond donors (Lipinski definition) is 1. The fourth-order valence-corrected chi connectivity index (χ4v) is 3.23. The summed E-state index contributed by atoms with van der Waals surface area (Å²) in [5, 5.41) is 3.80. The first-order chi connectivity index (χ1) is 11.4. The van der Waals surface area contributed by atoms with Crippen molar-refractivity contribution in [1.82, 2.24) is 4.83 Å². The highest BCUT2D eigenvalue weighted by Gasteiger charge is 2.12. The monoisotopic (exact) mass is 518 g/mol. The van der Waals surface area contributed by atoms with Crippen LogP contribution in [0.4, 0.5) is 0 Å². The molecule has 1 N–H and O–H groups in total. The van der Waals surface area contributed by atoms with Crippen LogP contribution in [0.1, 0.15) is 5.56 Å². The first-order valence-corrected chi connectivity index (χ1v) is 9.94. The molecule has 0 radical (unpaired) electrons. The van der Waals surface area contributed by atoms with Crippen LogP contribution in [0.15, 0.2) is 56.9 Å². The quantitative estimate of drug-likeness (QED) is 0.276. The van der Waals surface area contributed by atoms with Gasteiger partial charge in [-0.3, -0.25) is 0 Å². The third kappa shape index (κ3) is 5.22. The lowest BCUT2D eigenvalue weighted by Gasteiger charge is -2.07. The van der Waals surface area contributed by atoms with Crippen LogP contribution in [0.3, 0.4) is 0 Å². The zero-order chi connectivity index (χ0) is 17.6. The molecule has 2 rings (SSSR count). The highest BCUT2D eigenvalue weighted by Crippen LogP contribution is 2.21. The SMILES string of the molecule is C#CCOc1ccc(Br)cc1/C=N\NS(=O)(=O)c1ccc(I)cc1. The molecule has 0 aromatic heterocycles. The molecule has 0 heterocycles. The molecule has 0 saturated heterocycles. The van der Waals surface area contributed by atoms with E-state index in [2.05, 4.69) is 54.4 Å². The Balaban J connectivity index is 2.18. The van der Waals surface area contributed by atoms with E-state index in [0.29, 0.717) is 11.3 Å². The topological polar surface area (TPSA) is 67.8 Å². The van der Waals surface area contributed by atoms with Crippen LogP contribution in [0.5, 0.6) is 5.75 Å². The molecule has 0 bridgehead atoms. The molecule has 0 fully saturated rings. The number of hydrazone groups is 1. The van der Waals surface area contributed by atoms with Gasteiger partial charge < -0.3 is 4.74 Å². The van der Waals surface area contributed by atoms with Crippen LogP contribution in [-0.2, 0) is 10.0 Å². The maximum absolute atomic E-state index is 12.2. The Hall–Kier alpha value is -1.57. The molecule has 0 aliphatic carbocycles. The normalized spacial score (nSPS) is 11.2. The minimum Gasteiger partial charge on any atom is -0.480 e. The van der Waals surface area contributed by atoms with Gasteiger partial charge in [-0.25, -0.2) is 4.83 Å². The van der Waals surface area contributed by atoms with Crippen LogP contribution in [0.25, 0.3) is 0 Å². The first kappa shape index (κ1) is 18.8. The lowest BCUT2D eigenvalue weighted by atomic mass is 10.2. The molecular weight excluding hydrogens is 507 g/mol. The maximum atomic E-state index is 12.2. The Morgan fingerprint density at radius 1 is 1.29 bits per heavy atom. The number of hydrogen-bond acceptors (Lipinski definition) is 4. The molecule has 0 aliphatic heterocycles. The van der Waals surface area contributed by atoms with Crippen molar-refractivity contribution in [3.8, 4) is 18.1 Å². The van der Waals surface area contributed by atoms with E-state index in [4.69, 9.17) is 11.2 Å². The minimum atomic E-state index is -3.72. The van der Waals surface area contributed by atoms with E-state index in [1.165, 1.54) is 18.3 Å². The molecule has 124 valence electrons. The summed E-state index contributed by atoms with van der Waals surface area (Å²) in [4.78, 5) is 2.31. The first-order valence-electron chi connectivity index (χ1n) is 6.58. The summed E-state index contributed by atoms with van der Waals surface area (Å²) in [5.74, 6) is 2.88. The Morgan fingerprint density at radius 2 is 2.00 bits per heavy atom. The number of halogens is 2. The molecule has 24 heavy (non-hydrogen) atoms. The Labute approximate surface area is 162 Å². The molecule has 2 aromatic carbocycles. The predicted octanol–water partition coefficient (Wildman–Crippen LogP) is 3.38. The van der Waals surface area contributed by atoms with Gasteiger partial charge in [0.2, 0.25) is 0 Å². The van der Waals surface area contributed by atoms with Gasteiger partial charge in [-0.1, -0.05) is 21.9 Å². The number of sulfonamides is 1. The molecule has 0 unspecified atom stereocenters. The highest BCUT2D eigenvalue weighted by atomic mass is 127. The smallest absolute Gasteiger partial charge is 0.276 e. The van der Waals surface area contributed by atoms with Crippen molar-refractivity contribution in [2.75, 3.05) is 6.61 Å². The predicted molar refractivity (Wildman–Crippen MR) is 106 cm³/mol. The van der Waals surface area contributed by atoms with E-state index in [-0.39, 0.29) is 11.5 Å². The summed E-state index contributed by atoms with van der Waals surface area (Å²) >= 11 is 5.44. The lowest BCUT2D eigenvalue weighted by molar-refractivity contribution is 0.370. The van der Waals surface area contributed by atoms with Crippen molar-refractivity contribution in [3.63, 3.8) is 0 Å². The summed E-state index contributed by atoms with van der Waals surface area (Å²) in [5.41, 5.74) is 0.588. The van der Waals surface area contributed by atoms with Gasteiger partial charge in [-0.05, 0) is 65.1 Å². The highest BCUT2D eigenvalue weighted by molar-refractivity contribution is 14.1. The molecule has 8 heteroatoms. The van der Waals surface area contributed by atoms with Crippen LogP contribution < -0.4 is 9.57 Å². The molecular formula is C16H12BrIN2O3S. The Kier molecular flexibility index (Phi) is 6.65. The van der Waals surface area contributed by atoms with E-state index >= 15 is 0 Å². The van der Waals surface area contributed by atoms with E-state index in [1.54, 1.807) is 30.3 Å². The van der Waals surface area contributed by atoms with Crippen LogP contribution in [0, 0.1) is 15.9 Å². The number of ether oxygens (including phenoxy) is 1. The number of nitrogens with one attached hydrogen (secondary N) is 1. The number of rotatable bonds is 6. The third-order valence-electron chi connectivity index (χ3n) is 2.78. The fraction of sp³-hybridized carbons (Fsp3) is 0.0625. The van der Waals surface area contributed by atoms with Crippen molar-refractivity contribution in [3.05, 3.63) is 56.1 Å². The van der Waals surface area contributed by atoms with Gasteiger partial charge in [-0.2, -0.15) is 13.5 Å². The van der Waals surface area contributed by atoms with Crippen molar-refractivity contribution in [2.24, 2.45) is 5.10 Å². The lowest BCUT2D eigenvalue weighted by Crippen LogP contribution is -2.18. The van der Waals surface area contributed by atoms with E-state index in [9.17, 15) is 8.42 Å². The van der Waals surface area contributed by atoms with Gasteiger partial charge in [0.15, 0.2) is 0 Å². The standard InChI is InChI=1S/C16H12BrIN2O3S/c1-2-9-23-16-8-3-13(17)10-12(16)11-19-20-24(21,22)15-6-4-14(18)5-7-15/h1,3-8,10-11,20H,9H2/b19-11-. The second-order valence-electron chi connectivity index (χ2n) is 4.48. The molecule has 5 nitrogen and oxygen atoms in total. The summed E-state index contributed by atoms with van der Waals surface area (Å²) < 4.78 is 31.5. The zero-order valence-corrected chi connectivity index (χ0v) is 16.8. The maximum Gasteiger partial charge on any atom is 0.276 e. The zero-order valence-electron chi connectivity index (χ0n) is 12.2. The van der Waals surface area contributed by atoms with Gasteiger partial charge in [0.25, 0.3) is 10.0 Å². The fourth-order valence-electron chi connectivity index (χ4n) is 1.70. The van der Waals surface area contributed by atoms with Gasteiger partial charge in [0.05, 0.1) is 11.1 Å². The third-order valence-corrected chi connectivity index (χ3v) is 5.23. The van der Waals surface area contributed by atoms with Crippen LogP contribution in [-0.4, -0.2) is 21.2 Å². The van der Waals surface area contributed by atoms with Gasteiger partial charge in [0, 0.05) is 13.6 Å². The Bertz CT molecular complexity index is 891. The van der Waals surface area contributed by atoms with Crippen molar-refractivity contribution in [1.29, 1.82) is 0 Å². The van der Waals surface area contributed by atoms with Crippen molar-refractivity contribution >= 4 is 54.8 Å². The van der Waals surface area contributed by atoms with Crippen LogP contribution >= 0.6 is 38.5 Å². The summed E-state index contributed by atoms with van der Waals surface area (Å²) in [6, 6.07) is 11.7. The van der Waals surface area contributed by atoms with E-state index in [0.717, 1.165) is 8.04 Å². The largest absolute Gasteiger partial charge is 0.480 e. The summed E-state index contributed by atoms with van der Waals surface area (Å²) in [7, 11) is -3.72. The van der Waals surface area contributed by atoms with E-state index in [1.807, 2.05) is 0 Å². The number of nitrogens with zero attached hydrogens (tertiary/aromatic N) is 1. The number of terminal acetylenes is 1. The molecule has 0 saturated carbocycles. The molecule has 0 aliphatic rings. The van der Waals surface area contributed by atoms with Gasteiger partial charge >= 0.3 is 0 Å². The average molecular weight is 519 g/mol. The van der Waals surface area contributed by atoms with Crippen LogP contribution in [0.2, 0.25) is 0 Å². The van der Waals surface area contributed by atoms with Gasteiger partial charge in [-0.15, -0.1) is 6.42 Å².